The maximum Gasteiger partial charge on any atom is 0.407 e. The number of methoxy groups -OCH3 is 1. The van der Waals surface area contributed by atoms with Crippen LogP contribution in [0.2, 0.25) is 0 Å². The maximum atomic E-state index is 12.0. The van der Waals surface area contributed by atoms with Crippen LogP contribution in [-0.4, -0.2) is 58.5 Å². The summed E-state index contributed by atoms with van der Waals surface area (Å²) in [6.45, 7) is 8.76. The van der Waals surface area contributed by atoms with Gasteiger partial charge in [0.2, 0.25) is 6.41 Å². The molecule has 0 radical (unpaired) electrons. The molecule has 8 nitrogen and oxygen atoms in total. The van der Waals surface area contributed by atoms with Crippen molar-refractivity contribution >= 4 is 18.5 Å². The van der Waals surface area contributed by atoms with E-state index >= 15 is 0 Å². The van der Waals surface area contributed by atoms with Crippen molar-refractivity contribution in [1.29, 1.82) is 0 Å². The molecule has 0 fully saturated rings. The van der Waals surface area contributed by atoms with Crippen LogP contribution in [0.25, 0.3) is 0 Å². The first-order valence-electron chi connectivity index (χ1n) is 11.0. The minimum atomic E-state index is -0.685. The Bertz CT molecular complexity index is 526. The van der Waals surface area contributed by atoms with Gasteiger partial charge in [0.25, 0.3) is 0 Å². The molecule has 2 N–H and O–H groups in total. The maximum absolute atomic E-state index is 12.0. The third-order valence-electron chi connectivity index (χ3n) is 4.83. The molecular formula is C23H40N2O6. The first-order valence-corrected chi connectivity index (χ1v) is 11.0. The molecule has 0 bridgehead atoms. The predicted octanol–water partition coefficient (Wildman–Crippen LogP) is 3.52. The Balaban J connectivity index is 3.99. The van der Waals surface area contributed by atoms with Gasteiger partial charge in [-0.25, -0.2) is 9.59 Å². The fourth-order valence-electron chi connectivity index (χ4n) is 3.13. The summed E-state index contributed by atoms with van der Waals surface area (Å²) < 4.78 is 15.8. The van der Waals surface area contributed by atoms with E-state index in [1.54, 1.807) is 6.08 Å². The molecule has 0 aliphatic rings. The smallest absolute Gasteiger partial charge is 0.407 e. The largest absolute Gasteiger partial charge is 0.462 e. The van der Waals surface area contributed by atoms with Crippen molar-refractivity contribution in [2.75, 3.05) is 40.0 Å². The van der Waals surface area contributed by atoms with Crippen molar-refractivity contribution in [3.8, 4) is 0 Å². The Labute approximate surface area is 186 Å². The van der Waals surface area contributed by atoms with Gasteiger partial charge in [-0.1, -0.05) is 51.2 Å². The van der Waals surface area contributed by atoms with E-state index in [4.69, 9.17) is 14.2 Å². The van der Waals surface area contributed by atoms with Gasteiger partial charge in [0, 0.05) is 26.3 Å². The molecule has 0 aromatic rings. The number of nitrogens with one attached hydrogen (secondary N) is 2. The standard InChI is InChI=1S/C23H40N2O6/c1-4-14-23(17-29-3,18-30-21(27)5-2)19-31-22(28)25-16-13-11-9-7-6-8-10-12-15-24-20-26/h4-5,20H,1-2,6-19H2,3H3,(H,24,26)(H,25,28). The summed E-state index contributed by atoms with van der Waals surface area (Å²) in [5, 5.41) is 5.43. The van der Waals surface area contributed by atoms with Gasteiger partial charge in [0.1, 0.15) is 13.2 Å². The van der Waals surface area contributed by atoms with E-state index < -0.39 is 17.5 Å². The molecule has 0 heterocycles. The molecule has 31 heavy (non-hydrogen) atoms. The number of amides is 2. The highest BCUT2D eigenvalue weighted by molar-refractivity contribution is 5.81. The average molecular weight is 441 g/mol. The van der Waals surface area contributed by atoms with E-state index in [0.29, 0.717) is 13.0 Å². The fourth-order valence-corrected chi connectivity index (χ4v) is 3.13. The number of alkyl carbamates (subject to hydrolysis) is 1. The molecule has 0 rings (SSSR count). The average Bonchev–Trinajstić information content (AvgIpc) is 2.77. The Morgan fingerprint density at radius 1 is 0.871 bits per heavy atom. The van der Waals surface area contributed by atoms with Crippen LogP contribution in [0, 0.1) is 5.41 Å². The van der Waals surface area contributed by atoms with Gasteiger partial charge in [-0.05, 0) is 19.3 Å². The summed E-state index contributed by atoms with van der Waals surface area (Å²) >= 11 is 0. The predicted molar refractivity (Wildman–Crippen MR) is 121 cm³/mol. The van der Waals surface area contributed by atoms with Crippen LogP contribution in [0.4, 0.5) is 4.79 Å². The van der Waals surface area contributed by atoms with E-state index in [0.717, 1.165) is 51.1 Å². The van der Waals surface area contributed by atoms with Gasteiger partial charge >= 0.3 is 12.1 Å². The number of esters is 1. The highest BCUT2D eigenvalue weighted by atomic mass is 16.6. The van der Waals surface area contributed by atoms with Crippen molar-refractivity contribution in [2.24, 2.45) is 5.41 Å². The van der Waals surface area contributed by atoms with Crippen molar-refractivity contribution in [1.82, 2.24) is 10.6 Å². The van der Waals surface area contributed by atoms with E-state index in [1.807, 2.05) is 0 Å². The van der Waals surface area contributed by atoms with Crippen LogP contribution >= 0.6 is 0 Å². The molecule has 0 aliphatic heterocycles. The molecule has 8 heteroatoms. The quantitative estimate of drug-likeness (QED) is 0.0931. The zero-order chi connectivity index (χ0) is 23.2. The van der Waals surface area contributed by atoms with Crippen LogP contribution in [0.15, 0.2) is 25.3 Å². The first kappa shape index (κ1) is 28.6. The molecule has 1 atom stereocenters. The van der Waals surface area contributed by atoms with E-state index in [-0.39, 0.29) is 19.8 Å². The second-order valence-corrected chi connectivity index (χ2v) is 7.64. The van der Waals surface area contributed by atoms with Crippen LogP contribution < -0.4 is 10.6 Å². The zero-order valence-corrected chi connectivity index (χ0v) is 19.0. The molecular weight excluding hydrogens is 400 g/mol. The number of rotatable bonds is 21. The third-order valence-corrected chi connectivity index (χ3v) is 4.83. The summed E-state index contributed by atoms with van der Waals surface area (Å²) in [4.78, 5) is 33.6. The third kappa shape index (κ3) is 16.1. The number of allylic oxidation sites excluding steroid dienone is 1. The van der Waals surface area contributed by atoms with Crippen LogP contribution in [0.5, 0.6) is 0 Å². The van der Waals surface area contributed by atoms with Gasteiger partial charge < -0.3 is 24.8 Å². The number of carbonyl (C=O) groups is 3. The van der Waals surface area contributed by atoms with Crippen molar-refractivity contribution < 1.29 is 28.6 Å². The van der Waals surface area contributed by atoms with Crippen LogP contribution in [0.1, 0.15) is 57.8 Å². The normalized spacial score (nSPS) is 12.3. The zero-order valence-electron chi connectivity index (χ0n) is 19.0. The molecule has 2 amide bonds. The molecule has 0 aromatic carbocycles. The van der Waals surface area contributed by atoms with Crippen molar-refractivity contribution in [3.05, 3.63) is 25.3 Å². The SMILES string of the molecule is C=CCC(COC)(COC(=O)C=C)COC(=O)NCCCCCCCCCCNC=O. The first-order chi connectivity index (χ1) is 15.0. The Hall–Kier alpha value is -2.35. The lowest BCUT2D eigenvalue weighted by Crippen LogP contribution is -2.39. The molecule has 0 saturated heterocycles. The number of hydrogen-bond donors (Lipinski definition) is 2. The van der Waals surface area contributed by atoms with Gasteiger partial charge in [0.05, 0.1) is 12.0 Å². The topological polar surface area (TPSA) is 103 Å². The minimum absolute atomic E-state index is 0.0403. The molecule has 0 saturated carbocycles. The number of carbonyl (C=O) groups excluding carboxylic acids is 3. The van der Waals surface area contributed by atoms with Gasteiger partial charge in [-0.3, -0.25) is 4.79 Å². The Morgan fingerprint density at radius 2 is 1.45 bits per heavy atom. The lowest BCUT2D eigenvalue weighted by Gasteiger charge is -2.30. The Morgan fingerprint density at radius 3 is 2.00 bits per heavy atom. The highest BCUT2D eigenvalue weighted by Gasteiger charge is 2.33. The molecule has 178 valence electrons. The van der Waals surface area contributed by atoms with Crippen LogP contribution in [-0.2, 0) is 23.8 Å². The van der Waals surface area contributed by atoms with Crippen molar-refractivity contribution in [3.63, 3.8) is 0 Å². The van der Waals surface area contributed by atoms with Gasteiger partial charge in [-0.2, -0.15) is 0 Å². The van der Waals surface area contributed by atoms with E-state index in [1.165, 1.54) is 26.4 Å². The number of hydrogen-bond acceptors (Lipinski definition) is 6. The second-order valence-electron chi connectivity index (χ2n) is 7.64. The summed E-state index contributed by atoms with van der Waals surface area (Å²) in [6.07, 6.45) is 12.3. The number of ether oxygens (including phenoxy) is 3. The summed E-state index contributed by atoms with van der Waals surface area (Å²) in [5.41, 5.74) is -0.685. The molecule has 1 unspecified atom stereocenters. The number of unbranched alkanes of at least 4 members (excludes halogenated alkanes) is 7. The summed E-state index contributed by atoms with van der Waals surface area (Å²) in [7, 11) is 1.54. The molecule has 0 aliphatic carbocycles. The highest BCUT2D eigenvalue weighted by Crippen LogP contribution is 2.25. The monoisotopic (exact) mass is 440 g/mol. The summed E-state index contributed by atoms with van der Waals surface area (Å²) in [5.74, 6) is -0.538. The lowest BCUT2D eigenvalue weighted by atomic mass is 9.87. The molecule has 0 spiro atoms. The van der Waals surface area contributed by atoms with Crippen LogP contribution in [0.3, 0.4) is 0 Å². The summed E-state index contributed by atoms with van der Waals surface area (Å²) in [6, 6.07) is 0. The Kier molecular flexibility index (Phi) is 18.1. The lowest BCUT2D eigenvalue weighted by molar-refractivity contribution is -0.144. The fraction of sp³-hybridized carbons (Fsp3) is 0.696. The second kappa shape index (κ2) is 19.6. The van der Waals surface area contributed by atoms with Gasteiger partial charge in [-0.15, -0.1) is 6.58 Å². The van der Waals surface area contributed by atoms with Crippen molar-refractivity contribution in [2.45, 2.75) is 57.8 Å². The van der Waals surface area contributed by atoms with Gasteiger partial charge in [0.15, 0.2) is 0 Å². The van der Waals surface area contributed by atoms with E-state index in [2.05, 4.69) is 23.8 Å². The van der Waals surface area contributed by atoms with E-state index in [9.17, 15) is 14.4 Å². The minimum Gasteiger partial charge on any atom is -0.462 e. The molecule has 0 aromatic heterocycles.